The maximum absolute atomic E-state index is 11.4. The third-order valence-electron chi connectivity index (χ3n) is 3.10. The maximum Gasteiger partial charge on any atom is 0.251 e. The molecule has 1 unspecified atom stereocenters. The second-order valence-electron chi connectivity index (χ2n) is 4.62. The Hall–Kier alpha value is -1.79. The van der Waals surface area contributed by atoms with Crippen molar-refractivity contribution in [3.05, 3.63) is 51.9 Å². The molecule has 5 nitrogen and oxygen atoms in total. The standard InChI is InChI=1S/C15H19N3O2S/c1-10-8-14(19)18-15(17-10)21-9-13(16-2)11-4-6-12(20-3)7-5-11/h4-8,13,16H,9H2,1-3H3,(H,17,18,19). The lowest BCUT2D eigenvalue weighted by Crippen LogP contribution is -2.19. The minimum Gasteiger partial charge on any atom is -0.497 e. The van der Waals surface area contributed by atoms with Crippen LogP contribution in [0.2, 0.25) is 0 Å². The molecule has 0 aliphatic heterocycles. The number of hydrogen-bond acceptors (Lipinski definition) is 5. The van der Waals surface area contributed by atoms with Crippen LogP contribution >= 0.6 is 11.8 Å². The smallest absolute Gasteiger partial charge is 0.251 e. The molecule has 0 saturated heterocycles. The first-order valence-corrected chi connectivity index (χ1v) is 7.63. The fourth-order valence-corrected chi connectivity index (χ4v) is 3.03. The van der Waals surface area contributed by atoms with Crippen molar-refractivity contribution in [1.29, 1.82) is 0 Å². The van der Waals surface area contributed by atoms with Gasteiger partial charge in [-0.3, -0.25) is 4.79 Å². The summed E-state index contributed by atoms with van der Waals surface area (Å²) >= 11 is 1.53. The third-order valence-corrected chi connectivity index (χ3v) is 4.07. The van der Waals surface area contributed by atoms with Gasteiger partial charge in [0.2, 0.25) is 0 Å². The lowest BCUT2D eigenvalue weighted by Gasteiger charge is -2.16. The molecule has 0 fully saturated rings. The van der Waals surface area contributed by atoms with Crippen molar-refractivity contribution in [2.24, 2.45) is 0 Å². The average molecular weight is 305 g/mol. The van der Waals surface area contributed by atoms with Crippen molar-refractivity contribution < 1.29 is 4.74 Å². The highest BCUT2D eigenvalue weighted by atomic mass is 32.2. The van der Waals surface area contributed by atoms with Gasteiger partial charge in [-0.2, -0.15) is 0 Å². The Morgan fingerprint density at radius 2 is 2.10 bits per heavy atom. The topological polar surface area (TPSA) is 67.0 Å². The molecule has 2 rings (SSSR count). The molecule has 2 N–H and O–H groups in total. The van der Waals surface area contributed by atoms with Crippen LogP contribution in [0.4, 0.5) is 0 Å². The number of aromatic nitrogens is 2. The Labute approximate surface area is 128 Å². The summed E-state index contributed by atoms with van der Waals surface area (Å²) in [6.07, 6.45) is 0. The van der Waals surface area contributed by atoms with E-state index in [2.05, 4.69) is 15.3 Å². The molecule has 0 amide bonds. The van der Waals surface area contributed by atoms with Crippen molar-refractivity contribution in [3.63, 3.8) is 0 Å². The highest BCUT2D eigenvalue weighted by Gasteiger charge is 2.11. The zero-order valence-corrected chi connectivity index (χ0v) is 13.2. The van der Waals surface area contributed by atoms with E-state index in [1.807, 2.05) is 38.2 Å². The molecule has 0 saturated carbocycles. The van der Waals surface area contributed by atoms with E-state index in [4.69, 9.17) is 4.74 Å². The normalized spacial score (nSPS) is 12.1. The van der Waals surface area contributed by atoms with Crippen LogP contribution in [0, 0.1) is 6.92 Å². The maximum atomic E-state index is 11.4. The Kier molecular flexibility index (Phi) is 5.41. The number of methoxy groups -OCH3 is 1. The van der Waals surface area contributed by atoms with E-state index in [9.17, 15) is 4.79 Å². The number of hydrogen-bond donors (Lipinski definition) is 2. The van der Waals surface area contributed by atoms with Crippen LogP contribution in [0.15, 0.2) is 40.3 Å². The van der Waals surface area contributed by atoms with Gasteiger partial charge in [-0.25, -0.2) is 4.98 Å². The number of nitrogens with zero attached hydrogens (tertiary/aromatic N) is 1. The first kappa shape index (κ1) is 15.6. The predicted octanol–water partition coefficient (Wildman–Crippen LogP) is 2.14. The fourth-order valence-electron chi connectivity index (χ4n) is 1.96. The molecule has 21 heavy (non-hydrogen) atoms. The number of ether oxygens (including phenoxy) is 1. The molecule has 0 radical (unpaired) electrons. The van der Waals surface area contributed by atoms with E-state index in [0.29, 0.717) is 5.16 Å². The molecule has 1 atom stereocenters. The minimum atomic E-state index is -0.115. The number of thioether (sulfide) groups is 1. The largest absolute Gasteiger partial charge is 0.497 e. The van der Waals surface area contributed by atoms with Crippen LogP contribution < -0.4 is 15.6 Å². The van der Waals surface area contributed by atoms with E-state index in [0.717, 1.165) is 17.2 Å². The molecule has 6 heteroatoms. The monoisotopic (exact) mass is 305 g/mol. The summed E-state index contributed by atoms with van der Waals surface area (Å²) in [5.41, 5.74) is 1.78. The van der Waals surface area contributed by atoms with Gasteiger partial charge in [-0.1, -0.05) is 23.9 Å². The summed E-state index contributed by atoms with van der Waals surface area (Å²) in [5.74, 6) is 1.61. The summed E-state index contributed by atoms with van der Waals surface area (Å²) < 4.78 is 5.16. The quantitative estimate of drug-likeness (QED) is 0.632. The van der Waals surface area contributed by atoms with Gasteiger partial charge in [0.05, 0.1) is 7.11 Å². The highest BCUT2D eigenvalue weighted by Crippen LogP contribution is 2.23. The van der Waals surface area contributed by atoms with E-state index < -0.39 is 0 Å². The Morgan fingerprint density at radius 3 is 2.67 bits per heavy atom. The van der Waals surface area contributed by atoms with Crippen molar-refractivity contribution in [3.8, 4) is 5.75 Å². The van der Waals surface area contributed by atoms with Gasteiger partial charge >= 0.3 is 0 Å². The highest BCUT2D eigenvalue weighted by molar-refractivity contribution is 7.99. The first-order valence-electron chi connectivity index (χ1n) is 6.64. The van der Waals surface area contributed by atoms with E-state index in [-0.39, 0.29) is 11.6 Å². The van der Waals surface area contributed by atoms with Crippen molar-refractivity contribution >= 4 is 11.8 Å². The number of rotatable bonds is 6. The van der Waals surface area contributed by atoms with Crippen molar-refractivity contribution in [2.75, 3.05) is 19.9 Å². The number of nitrogens with one attached hydrogen (secondary N) is 2. The molecule has 1 aromatic heterocycles. The summed E-state index contributed by atoms with van der Waals surface area (Å²) in [4.78, 5) is 18.5. The molecule has 0 aliphatic carbocycles. The lowest BCUT2D eigenvalue weighted by atomic mass is 10.1. The van der Waals surface area contributed by atoms with Gasteiger partial charge in [0.1, 0.15) is 5.75 Å². The fraction of sp³-hybridized carbons (Fsp3) is 0.333. The first-order chi connectivity index (χ1) is 10.1. The van der Waals surface area contributed by atoms with Gasteiger partial charge in [0.15, 0.2) is 5.16 Å². The number of benzene rings is 1. The van der Waals surface area contributed by atoms with Gasteiger partial charge in [0, 0.05) is 23.6 Å². The van der Waals surface area contributed by atoms with Crippen LogP contribution in [-0.4, -0.2) is 29.9 Å². The lowest BCUT2D eigenvalue weighted by molar-refractivity contribution is 0.414. The Balaban J connectivity index is 2.06. The zero-order valence-electron chi connectivity index (χ0n) is 12.3. The second kappa shape index (κ2) is 7.28. The molecule has 112 valence electrons. The van der Waals surface area contributed by atoms with Crippen LogP contribution in [-0.2, 0) is 0 Å². The minimum absolute atomic E-state index is 0.115. The van der Waals surface area contributed by atoms with Gasteiger partial charge in [0.25, 0.3) is 5.56 Å². The van der Waals surface area contributed by atoms with Gasteiger partial charge in [-0.15, -0.1) is 0 Å². The van der Waals surface area contributed by atoms with Crippen LogP contribution in [0.5, 0.6) is 5.75 Å². The zero-order chi connectivity index (χ0) is 15.2. The molecule has 0 spiro atoms. The molecule has 1 aromatic carbocycles. The Morgan fingerprint density at radius 1 is 1.38 bits per heavy atom. The summed E-state index contributed by atoms with van der Waals surface area (Å²) in [5, 5.41) is 3.92. The number of H-pyrrole nitrogens is 1. The van der Waals surface area contributed by atoms with Gasteiger partial charge < -0.3 is 15.0 Å². The van der Waals surface area contributed by atoms with Gasteiger partial charge in [-0.05, 0) is 31.7 Å². The second-order valence-corrected chi connectivity index (χ2v) is 5.63. The predicted molar refractivity (Wildman–Crippen MR) is 85.1 cm³/mol. The van der Waals surface area contributed by atoms with Crippen LogP contribution in [0.1, 0.15) is 17.3 Å². The van der Waals surface area contributed by atoms with E-state index in [1.54, 1.807) is 7.11 Å². The van der Waals surface area contributed by atoms with E-state index in [1.165, 1.54) is 23.4 Å². The number of aryl methyl sites for hydroxylation is 1. The molecular formula is C15H19N3O2S. The molecule has 0 bridgehead atoms. The molecular weight excluding hydrogens is 286 g/mol. The van der Waals surface area contributed by atoms with Crippen molar-refractivity contribution in [1.82, 2.24) is 15.3 Å². The van der Waals surface area contributed by atoms with Crippen molar-refractivity contribution in [2.45, 2.75) is 18.1 Å². The molecule has 1 heterocycles. The third kappa shape index (κ3) is 4.34. The summed E-state index contributed by atoms with van der Waals surface area (Å²) in [6, 6.07) is 9.61. The van der Waals surface area contributed by atoms with E-state index >= 15 is 0 Å². The SMILES string of the molecule is CNC(CSc1nc(C)cc(=O)[nH]1)c1ccc(OC)cc1. The summed E-state index contributed by atoms with van der Waals surface area (Å²) in [7, 11) is 3.57. The number of aromatic amines is 1. The van der Waals surface area contributed by atoms with Crippen LogP contribution in [0.25, 0.3) is 0 Å². The summed E-state index contributed by atoms with van der Waals surface area (Å²) in [6.45, 7) is 1.82. The molecule has 2 aromatic rings. The average Bonchev–Trinajstić information content (AvgIpc) is 2.47. The molecule has 0 aliphatic rings. The van der Waals surface area contributed by atoms with Crippen LogP contribution in [0.3, 0.4) is 0 Å². The Bertz CT molecular complexity index is 640.